The van der Waals surface area contributed by atoms with E-state index in [0.29, 0.717) is 18.7 Å². The molecule has 2 rings (SSSR count). The number of nitrogens with two attached hydrogens (primary N) is 1. The molecule has 0 saturated heterocycles. The average Bonchev–Trinajstić information content (AvgIpc) is 2.73. The van der Waals surface area contributed by atoms with Crippen LogP contribution in [0.5, 0.6) is 0 Å². The van der Waals surface area contributed by atoms with E-state index in [1.54, 1.807) is 6.20 Å². The van der Waals surface area contributed by atoms with E-state index in [2.05, 4.69) is 14.5 Å². The number of pyridine rings is 1. The first-order chi connectivity index (χ1) is 9.22. The average molecular weight is 281 g/mol. The van der Waals surface area contributed by atoms with Crippen molar-refractivity contribution in [3.05, 3.63) is 24.2 Å². The predicted molar refractivity (Wildman–Crippen MR) is 75.0 cm³/mol. The molecule has 2 N–H and O–H groups in total. The molecule has 0 atom stereocenters. The van der Waals surface area contributed by atoms with Crippen LogP contribution in [0.3, 0.4) is 0 Å². The van der Waals surface area contributed by atoms with Crippen molar-refractivity contribution >= 4 is 28.7 Å². The minimum Gasteiger partial charge on any atom is -0.370 e. The van der Waals surface area contributed by atoms with Crippen LogP contribution < -0.4 is 5.73 Å². The molecule has 0 saturated carbocycles. The smallest absolute Gasteiger partial charge is 0.217 e. The molecule has 0 unspecified atom stereocenters. The van der Waals surface area contributed by atoms with Gasteiger partial charge in [-0.2, -0.15) is 0 Å². The van der Waals surface area contributed by atoms with E-state index in [9.17, 15) is 4.79 Å². The fourth-order valence-corrected chi connectivity index (χ4v) is 2.25. The molecule has 6 heteroatoms. The summed E-state index contributed by atoms with van der Waals surface area (Å²) < 4.78 is 2.08. The van der Waals surface area contributed by atoms with Crippen LogP contribution in [-0.2, 0) is 17.8 Å². The molecule has 2 heterocycles. The Morgan fingerprint density at radius 2 is 2.26 bits per heavy atom. The van der Waals surface area contributed by atoms with E-state index < -0.39 is 0 Å². The van der Waals surface area contributed by atoms with Gasteiger partial charge < -0.3 is 10.3 Å². The summed E-state index contributed by atoms with van der Waals surface area (Å²) in [6, 6.07) is 3.82. The van der Waals surface area contributed by atoms with E-state index in [4.69, 9.17) is 17.3 Å². The molecule has 0 bridgehead atoms. The number of halogens is 1. The van der Waals surface area contributed by atoms with E-state index >= 15 is 0 Å². The fourth-order valence-electron chi connectivity index (χ4n) is 2.08. The first kappa shape index (κ1) is 13.8. The van der Waals surface area contributed by atoms with Crippen molar-refractivity contribution in [2.75, 3.05) is 5.88 Å². The highest BCUT2D eigenvalue weighted by atomic mass is 35.5. The number of rotatable bonds is 7. The number of unbranched alkanes of at least 4 members (excludes halogenated alkanes) is 1. The van der Waals surface area contributed by atoms with Gasteiger partial charge in [0.25, 0.3) is 0 Å². The van der Waals surface area contributed by atoms with Crippen molar-refractivity contribution in [1.29, 1.82) is 0 Å². The van der Waals surface area contributed by atoms with Gasteiger partial charge in [-0.1, -0.05) is 0 Å². The SMILES string of the molecule is NC(=O)CCCCn1c(CCCl)nc2cccnc21. The van der Waals surface area contributed by atoms with Crippen LogP contribution in [0, 0.1) is 0 Å². The highest BCUT2D eigenvalue weighted by Crippen LogP contribution is 2.15. The highest BCUT2D eigenvalue weighted by Gasteiger charge is 2.10. The van der Waals surface area contributed by atoms with Crippen LogP contribution in [0.4, 0.5) is 0 Å². The molecule has 0 fully saturated rings. The Morgan fingerprint density at radius 3 is 3.00 bits per heavy atom. The monoisotopic (exact) mass is 280 g/mol. The van der Waals surface area contributed by atoms with Gasteiger partial charge in [-0.25, -0.2) is 9.97 Å². The van der Waals surface area contributed by atoms with Gasteiger partial charge >= 0.3 is 0 Å². The maximum Gasteiger partial charge on any atom is 0.217 e. The van der Waals surface area contributed by atoms with Crippen molar-refractivity contribution in [2.45, 2.75) is 32.2 Å². The maximum absolute atomic E-state index is 10.7. The van der Waals surface area contributed by atoms with Gasteiger partial charge in [-0.3, -0.25) is 4.79 Å². The summed E-state index contributed by atoms with van der Waals surface area (Å²) in [5.41, 5.74) is 6.90. The number of carbonyl (C=O) groups is 1. The molecule has 19 heavy (non-hydrogen) atoms. The van der Waals surface area contributed by atoms with E-state index in [0.717, 1.165) is 36.4 Å². The van der Waals surface area contributed by atoms with Crippen molar-refractivity contribution in [2.24, 2.45) is 5.73 Å². The van der Waals surface area contributed by atoms with Crippen molar-refractivity contribution in [3.63, 3.8) is 0 Å². The van der Waals surface area contributed by atoms with E-state index in [-0.39, 0.29) is 5.91 Å². The molecule has 1 amide bonds. The van der Waals surface area contributed by atoms with Crippen LogP contribution in [0.15, 0.2) is 18.3 Å². The van der Waals surface area contributed by atoms with Gasteiger partial charge in [0.2, 0.25) is 5.91 Å². The zero-order chi connectivity index (χ0) is 13.7. The second-order valence-corrected chi connectivity index (χ2v) is 4.77. The van der Waals surface area contributed by atoms with Crippen LogP contribution in [-0.4, -0.2) is 26.3 Å². The summed E-state index contributed by atoms with van der Waals surface area (Å²) in [6.07, 6.45) is 4.55. The summed E-state index contributed by atoms with van der Waals surface area (Å²) in [5.74, 6) is 1.22. The van der Waals surface area contributed by atoms with Crippen LogP contribution in [0.25, 0.3) is 11.2 Å². The Labute approximate surface area is 116 Å². The molecule has 5 nitrogen and oxygen atoms in total. The standard InChI is InChI=1S/C13H17ClN4O/c14-7-6-12-17-10-4-3-8-16-13(10)18(12)9-2-1-5-11(15)19/h3-4,8H,1-2,5-7,9H2,(H2,15,19). The molecular formula is C13H17ClN4O. The first-order valence-electron chi connectivity index (χ1n) is 6.36. The van der Waals surface area contributed by atoms with Crippen LogP contribution >= 0.6 is 11.6 Å². The summed E-state index contributed by atoms with van der Waals surface area (Å²) >= 11 is 5.80. The lowest BCUT2D eigenvalue weighted by Gasteiger charge is -2.07. The summed E-state index contributed by atoms with van der Waals surface area (Å²) in [4.78, 5) is 19.6. The Balaban J connectivity index is 2.14. The summed E-state index contributed by atoms with van der Waals surface area (Å²) in [7, 11) is 0. The fraction of sp³-hybridized carbons (Fsp3) is 0.462. The van der Waals surface area contributed by atoms with Crippen LogP contribution in [0.2, 0.25) is 0 Å². The molecule has 0 aromatic carbocycles. The van der Waals surface area contributed by atoms with Gasteiger partial charge in [0.05, 0.1) is 0 Å². The number of fused-ring (bicyclic) bond motifs is 1. The number of aromatic nitrogens is 3. The lowest BCUT2D eigenvalue weighted by atomic mass is 10.2. The number of amides is 1. The Kier molecular flexibility index (Phi) is 4.74. The maximum atomic E-state index is 10.7. The molecular weight excluding hydrogens is 264 g/mol. The van der Waals surface area contributed by atoms with Crippen molar-refractivity contribution in [1.82, 2.24) is 14.5 Å². The molecule has 2 aromatic heterocycles. The Bertz CT molecular complexity index is 567. The van der Waals surface area contributed by atoms with Gasteiger partial charge in [-0.05, 0) is 25.0 Å². The number of hydrogen-bond donors (Lipinski definition) is 1. The number of alkyl halides is 1. The van der Waals surface area contributed by atoms with Gasteiger partial charge in [-0.15, -0.1) is 11.6 Å². The molecule has 2 aromatic rings. The Morgan fingerprint density at radius 1 is 1.42 bits per heavy atom. The third kappa shape index (κ3) is 3.44. The number of primary amides is 1. The summed E-state index contributed by atoms with van der Waals surface area (Å²) in [5, 5.41) is 0. The second-order valence-electron chi connectivity index (χ2n) is 4.39. The highest BCUT2D eigenvalue weighted by molar-refractivity contribution is 6.17. The van der Waals surface area contributed by atoms with Crippen molar-refractivity contribution in [3.8, 4) is 0 Å². The third-order valence-electron chi connectivity index (χ3n) is 2.96. The minimum atomic E-state index is -0.255. The minimum absolute atomic E-state index is 0.255. The normalized spacial score (nSPS) is 11.0. The largest absolute Gasteiger partial charge is 0.370 e. The molecule has 102 valence electrons. The molecule has 0 aliphatic rings. The third-order valence-corrected chi connectivity index (χ3v) is 3.14. The molecule has 0 radical (unpaired) electrons. The lowest BCUT2D eigenvalue weighted by molar-refractivity contribution is -0.118. The molecule has 0 aliphatic carbocycles. The zero-order valence-electron chi connectivity index (χ0n) is 10.7. The summed E-state index contributed by atoms with van der Waals surface area (Å²) in [6.45, 7) is 0.785. The lowest BCUT2D eigenvalue weighted by Crippen LogP contribution is -2.11. The molecule has 0 aliphatic heterocycles. The predicted octanol–water partition coefficient (Wildman–Crippen LogP) is 1.87. The number of nitrogens with zero attached hydrogens (tertiary/aromatic N) is 3. The first-order valence-corrected chi connectivity index (χ1v) is 6.90. The quantitative estimate of drug-likeness (QED) is 0.621. The van der Waals surface area contributed by atoms with E-state index in [1.165, 1.54) is 0 Å². The molecule has 0 spiro atoms. The Hall–Kier alpha value is -1.62. The number of imidazole rings is 1. The van der Waals surface area contributed by atoms with Gasteiger partial charge in [0.1, 0.15) is 11.3 Å². The number of hydrogen-bond acceptors (Lipinski definition) is 3. The second kappa shape index (κ2) is 6.52. The topological polar surface area (TPSA) is 73.8 Å². The van der Waals surface area contributed by atoms with Crippen LogP contribution in [0.1, 0.15) is 25.1 Å². The van der Waals surface area contributed by atoms with Crippen molar-refractivity contribution < 1.29 is 4.79 Å². The zero-order valence-corrected chi connectivity index (χ0v) is 11.4. The van der Waals surface area contributed by atoms with Gasteiger partial charge in [0.15, 0.2) is 5.65 Å². The van der Waals surface area contributed by atoms with Gasteiger partial charge in [0, 0.05) is 31.5 Å². The van der Waals surface area contributed by atoms with E-state index in [1.807, 2.05) is 12.1 Å². The number of carbonyl (C=O) groups excluding carboxylic acids is 1. The number of aryl methyl sites for hydroxylation is 2.